The normalized spacial score (nSPS) is 17.8. The molecule has 0 radical (unpaired) electrons. The molecule has 124 valence electrons. The van der Waals surface area contributed by atoms with Gasteiger partial charge in [0, 0.05) is 19.3 Å². The summed E-state index contributed by atoms with van der Waals surface area (Å²) < 4.78 is 10.6. The Kier molecular flexibility index (Phi) is 8.27. The summed E-state index contributed by atoms with van der Waals surface area (Å²) >= 11 is 0. The van der Waals surface area contributed by atoms with Crippen LogP contribution in [0.3, 0.4) is 0 Å². The van der Waals surface area contributed by atoms with E-state index in [2.05, 4.69) is 19.2 Å². The number of ether oxygens (including phenoxy) is 2. The number of carbonyl (C=O) groups excluding carboxylic acids is 1. The van der Waals surface area contributed by atoms with E-state index < -0.39 is 5.54 Å². The molecule has 1 unspecified atom stereocenters. The molecular formula is C17H33NO3. The summed E-state index contributed by atoms with van der Waals surface area (Å²) in [5.41, 5.74) is -0.534. The molecule has 0 bridgehead atoms. The minimum absolute atomic E-state index is 0.146. The molecule has 0 saturated heterocycles. The highest BCUT2D eigenvalue weighted by Crippen LogP contribution is 2.26. The Morgan fingerprint density at radius 3 is 2.48 bits per heavy atom. The van der Waals surface area contributed by atoms with Gasteiger partial charge in [-0.2, -0.15) is 0 Å². The molecular weight excluding hydrogens is 266 g/mol. The van der Waals surface area contributed by atoms with Crippen LogP contribution in [-0.4, -0.2) is 37.9 Å². The molecule has 1 atom stereocenters. The molecule has 0 amide bonds. The fraction of sp³-hybridized carbons (Fsp3) is 0.941. The summed E-state index contributed by atoms with van der Waals surface area (Å²) in [5.74, 6) is 0.607. The Bertz CT molecular complexity index is 302. The lowest BCUT2D eigenvalue weighted by molar-refractivity contribution is -0.148. The zero-order valence-electron chi connectivity index (χ0n) is 14.2. The van der Waals surface area contributed by atoms with E-state index in [0.29, 0.717) is 6.04 Å². The summed E-state index contributed by atoms with van der Waals surface area (Å²) in [7, 11) is 1.47. The smallest absolute Gasteiger partial charge is 0.325 e. The summed E-state index contributed by atoms with van der Waals surface area (Å²) in [6.45, 7) is 8.08. The number of rotatable bonds is 12. The average molecular weight is 299 g/mol. The number of hydrogen-bond acceptors (Lipinski definition) is 4. The second kappa shape index (κ2) is 9.42. The average Bonchev–Trinajstić information content (AvgIpc) is 3.24. The van der Waals surface area contributed by atoms with Gasteiger partial charge in [0.15, 0.2) is 0 Å². The van der Waals surface area contributed by atoms with Crippen LogP contribution in [0.25, 0.3) is 0 Å². The Morgan fingerprint density at radius 1 is 1.24 bits per heavy atom. The lowest BCUT2D eigenvalue weighted by atomic mass is 9.94. The van der Waals surface area contributed by atoms with Gasteiger partial charge in [0.2, 0.25) is 0 Å². The van der Waals surface area contributed by atoms with Gasteiger partial charge < -0.3 is 9.47 Å². The predicted molar refractivity (Wildman–Crippen MR) is 85.3 cm³/mol. The number of methoxy groups -OCH3 is 1. The first kappa shape index (κ1) is 18.4. The molecule has 0 spiro atoms. The summed E-state index contributed by atoms with van der Waals surface area (Å²) in [6, 6.07) is 0.501. The van der Waals surface area contributed by atoms with Crippen molar-refractivity contribution >= 4 is 5.97 Å². The standard InChI is InChI=1S/C17H33NO3/c1-14(2)8-7-13-21-12-6-5-11-17(3,16(19)20-4)18-15-9-10-15/h14-15,18H,5-13H2,1-4H3. The monoisotopic (exact) mass is 299 g/mol. The largest absolute Gasteiger partial charge is 0.468 e. The highest BCUT2D eigenvalue weighted by Gasteiger charge is 2.38. The molecule has 1 saturated carbocycles. The number of nitrogens with one attached hydrogen (secondary N) is 1. The van der Waals surface area contributed by atoms with E-state index in [1.807, 2.05) is 6.92 Å². The Hall–Kier alpha value is -0.610. The molecule has 0 aromatic rings. The molecule has 4 heteroatoms. The van der Waals surface area contributed by atoms with E-state index in [1.165, 1.54) is 26.4 Å². The number of carbonyl (C=O) groups is 1. The number of esters is 1. The van der Waals surface area contributed by atoms with E-state index >= 15 is 0 Å². The molecule has 1 N–H and O–H groups in total. The Morgan fingerprint density at radius 2 is 1.90 bits per heavy atom. The van der Waals surface area contributed by atoms with Gasteiger partial charge in [-0.15, -0.1) is 0 Å². The number of unbranched alkanes of at least 4 members (excludes halogenated alkanes) is 1. The van der Waals surface area contributed by atoms with Crippen LogP contribution >= 0.6 is 0 Å². The maximum absolute atomic E-state index is 11.9. The van der Waals surface area contributed by atoms with Gasteiger partial charge in [0.25, 0.3) is 0 Å². The van der Waals surface area contributed by atoms with Crippen molar-refractivity contribution in [3.05, 3.63) is 0 Å². The quantitative estimate of drug-likeness (QED) is 0.444. The molecule has 1 aliphatic rings. The molecule has 0 aliphatic heterocycles. The Balaban J connectivity index is 2.11. The molecule has 21 heavy (non-hydrogen) atoms. The SMILES string of the molecule is COC(=O)C(C)(CCCCOCCCC(C)C)NC1CC1. The zero-order valence-corrected chi connectivity index (χ0v) is 14.2. The molecule has 4 nitrogen and oxygen atoms in total. The van der Waals surface area contributed by atoms with Gasteiger partial charge in [-0.25, -0.2) is 0 Å². The molecule has 1 fully saturated rings. The van der Waals surface area contributed by atoms with Crippen molar-refractivity contribution in [3.63, 3.8) is 0 Å². The third kappa shape index (κ3) is 7.82. The van der Waals surface area contributed by atoms with Crippen molar-refractivity contribution in [2.45, 2.75) is 77.3 Å². The molecule has 0 heterocycles. The van der Waals surface area contributed by atoms with Crippen LogP contribution in [0.2, 0.25) is 0 Å². The van der Waals surface area contributed by atoms with Crippen molar-refractivity contribution in [1.82, 2.24) is 5.32 Å². The fourth-order valence-electron chi connectivity index (χ4n) is 2.51. The minimum atomic E-state index is -0.534. The topological polar surface area (TPSA) is 47.6 Å². The van der Waals surface area contributed by atoms with Gasteiger partial charge in [0.1, 0.15) is 5.54 Å². The van der Waals surface area contributed by atoms with Crippen molar-refractivity contribution in [3.8, 4) is 0 Å². The summed E-state index contributed by atoms with van der Waals surface area (Å²) in [5, 5.41) is 3.43. The van der Waals surface area contributed by atoms with E-state index in [1.54, 1.807) is 0 Å². The molecule has 1 rings (SSSR count). The van der Waals surface area contributed by atoms with E-state index in [-0.39, 0.29) is 5.97 Å². The van der Waals surface area contributed by atoms with Crippen molar-refractivity contribution in [2.24, 2.45) is 5.92 Å². The third-order valence-electron chi connectivity index (χ3n) is 4.02. The minimum Gasteiger partial charge on any atom is -0.468 e. The summed E-state index contributed by atoms with van der Waals surface area (Å²) in [4.78, 5) is 11.9. The van der Waals surface area contributed by atoms with E-state index in [0.717, 1.165) is 44.8 Å². The molecule has 1 aliphatic carbocycles. The summed E-state index contributed by atoms with van der Waals surface area (Å²) in [6.07, 6.45) is 7.51. The third-order valence-corrected chi connectivity index (χ3v) is 4.02. The van der Waals surface area contributed by atoms with Gasteiger partial charge in [-0.1, -0.05) is 13.8 Å². The highest BCUT2D eigenvalue weighted by molar-refractivity contribution is 5.80. The van der Waals surface area contributed by atoms with Crippen molar-refractivity contribution in [2.75, 3.05) is 20.3 Å². The van der Waals surface area contributed by atoms with Crippen molar-refractivity contribution in [1.29, 1.82) is 0 Å². The molecule has 0 aromatic heterocycles. The fourth-order valence-corrected chi connectivity index (χ4v) is 2.51. The molecule has 0 aromatic carbocycles. The first-order valence-electron chi connectivity index (χ1n) is 8.42. The van der Waals surface area contributed by atoms with Crippen LogP contribution in [0.15, 0.2) is 0 Å². The highest BCUT2D eigenvalue weighted by atomic mass is 16.5. The van der Waals surface area contributed by atoms with Crippen LogP contribution < -0.4 is 5.32 Å². The maximum Gasteiger partial charge on any atom is 0.325 e. The van der Waals surface area contributed by atoms with Crippen LogP contribution in [0.1, 0.15) is 65.7 Å². The second-order valence-corrected chi connectivity index (χ2v) is 6.85. The zero-order chi connectivity index (χ0) is 15.7. The lowest BCUT2D eigenvalue weighted by Crippen LogP contribution is -2.51. The van der Waals surface area contributed by atoms with E-state index in [4.69, 9.17) is 9.47 Å². The second-order valence-electron chi connectivity index (χ2n) is 6.85. The maximum atomic E-state index is 11.9. The van der Waals surface area contributed by atoms with E-state index in [9.17, 15) is 4.79 Å². The van der Waals surface area contributed by atoms with Crippen LogP contribution in [0.5, 0.6) is 0 Å². The van der Waals surface area contributed by atoms with Crippen molar-refractivity contribution < 1.29 is 14.3 Å². The van der Waals surface area contributed by atoms with Gasteiger partial charge in [-0.05, 0) is 57.8 Å². The van der Waals surface area contributed by atoms with Gasteiger partial charge in [-0.3, -0.25) is 10.1 Å². The Labute approximate surface area is 130 Å². The van der Waals surface area contributed by atoms with Crippen LogP contribution in [0.4, 0.5) is 0 Å². The van der Waals surface area contributed by atoms with Gasteiger partial charge in [0.05, 0.1) is 7.11 Å². The van der Waals surface area contributed by atoms with Crippen LogP contribution in [-0.2, 0) is 14.3 Å². The first-order chi connectivity index (χ1) is 9.98. The van der Waals surface area contributed by atoms with Crippen LogP contribution in [0, 0.1) is 5.92 Å². The lowest BCUT2D eigenvalue weighted by Gasteiger charge is -2.28. The van der Waals surface area contributed by atoms with Gasteiger partial charge >= 0.3 is 5.97 Å². The first-order valence-corrected chi connectivity index (χ1v) is 8.42. The predicted octanol–water partition coefficient (Wildman–Crippen LogP) is 3.29. The number of hydrogen-bond donors (Lipinski definition) is 1.